The molecule has 0 saturated heterocycles. The Bertz CT molecular complexity index is 836. The van der Waals surface area contributed by atoms with Crippen LogP contribution in [-0.2, 0) is 0 Å². The van der Waals surface area contributed by atoms with Gasteiger partial charge in [-0.25, -0.2) is 9.97 Å². The van der Waals surface area contributed by atoms with E-state index in [-0.39, 0.29) is 0 Å². The van der Waals surface area contributed by atoms with Crippen LogP contribution in [0.2, 0.25) is 5.15 Å². The molecule has 0 saturated carbocycles. The quantitative estimate of drug-likeness (QED) is 0.693. The Hall–Kier alpha value is -2.66. The topological polar surface area (TPSA) is 75.9 Å². The van der Waals surface area contributed by atoms with Crippen molar-refractivity contribution >= 4 is 28.3 Å². The second-order valence-corrected chi connectivity index (χ2v) is 4.69. The van der Waals surface area contributed by atoms with Crippen LogP contribution in [-0.4, -0.2) is 15.9 Å². The number of hydrogen-bond acceptors (Lipinski definition) is 4. The fourth-order valence-electron chi connectivity index (χ4n) is 2.02. The molecule has 0 fully saturated rings. The molecular weight excluding hydrogens is 290 g/mol. The summed E-state index contributed by atoms with van der Waals surface area (Å²) in [6.07, 6.45) is 1.32. The molecule has 0 unspecified atom stereocenters. The van der Waals surface area contributed by atoms with E-state index in [2.05, 4.69) is 9.97 Å². The largest absolute Gasteiger partial charge is 0.439 e. The molecule has 21 heavy (non-hydrogen) atoms. The minimum absolute atomic E-state index is 0.294. The standard InChI is InChI=1S/C15H9ClN3O2/c16-13-7-14(19-8-18-13)21-10-4-5-11-9(6-10)2-1-3-12(11)15(17)20/h1-8,17H. The molecule has 2 aromatic carbocycles. The molecule has 0 aliphatic carbocycles. The van der Waals surface area contributed by atoms with Crippen molar-refractivity contribution < 1.29 is 9.53 Å². The Morgan fingerprint density at radius 1 is 1.14 bits per heavy atom. The number of fused-ring (bicyclic) bond motifs is 1. The number of hydrogen-bond donors (Lipinski definition) is 0. The predicted octanol–water partition coefficient (Wildman–Crippen LogP) is 3.50. The summed E-state index contributed by atoms with van der Waals surface area (Å²) in [5.41, 5.74) is 7.62. The summed E-state index contributed by atoms with van der Waals surface area (Å²) in [6.45, 7) is 0. The molecule has 0 aliphatic rings. The predicted molar refractivity (Wildman–Crippen MR) is 78.5 cm³/mol. The Morgan fingerprint density at radius 3 is 2.76 bits per heavy atom. The number of ether oxygens (including phenoxy) is 1. The van der Waals surface area contributed by atoms with Crippen LogP contribution in [0.4, 0.5) is 0 Å². The summed E-state index contributed by atoms with van der Waals surface area (Å²) in [5.74, 6) is 0.186. The minimum Gasteiger partial charge on any atom is -0.439 e. The molecule has 0 atom stereocenters. The summed E-state index contributed by atoms with van der Waals surface area (Å²) in [5, 5.41) is 1.82. The van der Waals surface area contributed by atoms with E-state index in [1.807, 2.05) is 6.07 Å². The van der Waals surface area contributed by atoms with E-state index >= 15 is 0 Å². The maximum Gasteiger partial charge on any atom is 0.270 e. The van der Waals surface area contributed by atoms with E-state index in [1.54, 1.807) is 30.3 Å². The number of nitrogens with one attached hydrogen (secondary N) is 1. The first-order valence-corrected chi connectivity index (χ1v) is 6.45. The maximum absolute atomic E-state index is 11.3. The van der Waals surface area contributed by atoms with Gasteiger partial charge in [-0.3, -0.25) is 10.5 Å². The molecule has 5 nitrogen and oxygen atoms in total. The number of carbonyl (C=O) groups is 1. The van der Waals surface area contributed by atoms with Gasteiger partial charge in [0.2, 0.25) is 5.88 Å². The summed E-state index contributed by atoms with van der Waals surface area (Å²) >= 11 is 5.77. The lowest BCUT2D eigenvalue weighted by Gasteiger charge is -2.07. The van der Waals surface area contributed by atoms with E-state index in [1.165, 1.54) is 12.4 Å². The van der Waals surface area contributed by atoms with E-state index < -0.39 is 5.91 Å². The van der Waals surface area contributed by atoms with Crippen molar-refractivity contribution in [3.05, 3.63) is 59.5 Å². The molecule has 1 N–H and O–H groups in total. The van der Waals surface area contributed by atoms with Gasteiger partial charge >= 0.3 is 0 Å². The Balaban J connectivity index is 2.00. The van der Waals surface area contributed by atoms with Crippen molar-refractivity contribution in [1.29, 1.82) is 0 Å². The van der Waals surface area contributed by atoms with Gasteiger partial charge in [0.05, 0.1) is 0 Å². The molecule has 0 bridgehead atoms. The SMILES string of the molecule is [NH]C(=O)c1cccc2cc(Oc3cc(Cl)ncn3)ccc12. The fourth-order valence-corrected chi connectivity index (χ4v) is 2.15. The summed E-state index contributed by atoms with van der Waals surface area (Å²) < 4.78 is 5.60. The van der Waals surface area contributed by atoms with Crippen LogP contribution in [0.15, 0.2) is 48.8 Å². The molecule has 0 aliphatic heterocycles. The average molecular weight is 299 g/mol. The molecule has 3 aromatic rings. The molecule has 1 aromatic heterocycles. The number of nitrogens with zero attached hydrogens (tertiary/aromatic N) is 2. The van der Waals surface area contributed by atoms with Crippen LogP contribution in [0.1, 0.15) is 10.4 Å². The van der Waals surface area contributed by atoms with Crippen molar-refractivity contribution in [3.8, 4) is 11.6 Å². The normalized spacial score (nSPS) is 10.5. The lowest BCUT2D eigenvalue weighted by atomic mass is 10.0. The lowest BCUT2D eigenvalue weighted by Crippen LogP contribution is -1.99. The molecule has 3 rings (SSSR count). The number of benzene rings is 2. The van der Waals surface area contributed by atoms with Crippen LogP contribution in [0.3, 0.4) is 0 Å². The maximum atomic E-state index is 11.3. The second-order valence-electron chi connectivity index (χ2n) is 4.30. The zero-order valence-corrected chi connectivity index (χ0v) is 11.5. The molecule has 1 radical (unpaired) electrons. The third-order valence-corrected chi connectivity index (χ3v) is 3.13. The van der Waals surface area contributed by atoms with Crippen molar-refractivity contribution in [1.82, 2.24) is 15.7 Å². The van der Waals surface area contributed by atoms with Crippen LogP contribution in [0.5, 0.6) is 11.6 Å². The monoisotopic (exact) mass is 298 g/mol. The van der Waals surface area contributed by atoms with Crippen LogP contribution in [0.25, 0.3) is 10.8 Å². The summed E-state index contributed by atoms with van der Waals surface area (Å²) in [6, 6.07) is 12.0. The summed E-state index contributed by atoms with van der Waals surface area (Å²) in [4.78, 5) is 19.0. The van der Waals surface area contributed by atoms with Gasteiger partial charge in [0, 0.05) is 11.6 Å². The zero-order valence-electron chi connectivity index (χ0n) is 10.7. The van der Waals surface area contributed by atoms with Crippen LogP contribution >= 0.6 is 11.6 Å². The van der Waals surface area contributed by atoms with Crippen molar-refractivity contribution in [2.24, 2.45) is 0 Å². The fraction of sp³-hybridized carbons (Fsp3) is 0. The third kappa shape index (κ3) is 2.78. The van der Waals surface area contributed by atoms with Gasteiger partial charge in [-0.05, 0) is 35.0 Å². The first-order valence-electron chi connectivity index (χ1n) is 6.07. The first-order chi connectivity index (χ1) is 10.1. The van der Waals surface area contributed by atoms with Gasteiger partial charge < -0.3 is 4.74 Å². The van der Waals surface area contributed by atoms with Gasteiger partial charge in [0.25, 0.3) is 5.91 Å². The highest BCUT2D eigenvalue weighted by Gasteiger charge is 2.08. The third-order valence-electron chi connectivity index (χ3n) is 2.93. The zero-order chi connectivity index (χ0) is 14.8. The number of halogens is 1. The van der Waals surface area contributed by atoms with Crippen LogP contribution in [0, 0.1) is 0 Å². The highest BCUT2D eigenvalue weighted by atomic mass is 35.5. The molecule has 0 spiro atoms. The molecule has 1 amide bonds. The number of rotatable bonds is 3. The molecular formula is C15H9ClN3O2. The van der Waals surface area contributed by atoms with Crippen molar-refractivity contribution in [2.75, 3.05) is 0 Å². The van der Waals surface area contributed by atoms with E-state index in [0.29, 0.717) is 27.7 Å². The van der Waals surface area contributed by atoms with E-state index in [9.17, 15) is 4.79 Å². The smallest absolute Gasteiger partial charge is 0.270 e. The van der Waals surface area contributed by atoms with Crippen molar-refractivity contribution in [3.63, 3.8) is 0 Å². The number of aromatic nitrogens is 2. The summed E-state index contributed by atoms with van der Waals surface area (Å²) in [7, 11) is 0. The van der Waals surface area contributed by atoms with Gasteiger partial charge in [-0.1, -0.05) is 23.7 Å². The van der Waals surface area contributed by atoms with Gasteiger partial charge in [-0.15, -0.1) is 0 Å². The van der Waals surface area contributed by atoms with E-state index in [4.69, 9.17) is 22.1 Å². The van der Waals surface area contributed by atoms with Gasteiger partial charge in [0.1, 0.15) is 17.2 Å². The number of carbonyl (C=O) groups excluding carboxylic acids is 1. The van der Waals surface area contributed by atoms with Gasteiger partial charge in [-0.2, -0.15) is 0 Å². The highest BCUT2D eigenvalue weighted by Crippen LogP contribution is 2.27. The molecule has 6 heteroatoms. The Morgan fingerprint density at radius 2 is 2.00 bits per heavy atom. The van der Waals surface area contributed by atoms with Gasteiger partial charge in [0.15, 0.2) is 0 Å². The van der Waals surface area contributed by atoms with Crippen LogP contribution < -0.4 is 10.5 Å². The Labute approximate surface area is 125 Å². The first kappa shape index (κ1) is 13.3. The molecule has 1 heterocycles. The minimum atomic E-state index is -0.711. The average Bonchev–Trinajstić information content (AvgIpc) is 2.46. The number of amides is 1. The highest BCUT2D eigenvalue weighted by molar-refractivity contribution is 6.29. The van der Waals surface area contributed by atoms with E-state index in [0.717, 1.165) is 5.39 Å². The second kappa shape index (κ2) is 5.38. The molecule has 103 valence electrons. The Kier molecular flexibility index (Phi) is 3.41. The van der Waals surface area contributed by atoms with Crippen molar-refractivity contribution in [2.45, 2.75) is 0 Å². The lowest BCUT2D eigenvalue weighted by molar-refractivity contribution is 0.0993.